The van der Waals surface area contributed by atoms with Crippen molar-refractivity contribution in [3.05, 3.63) is 28.7 Å². The number of nitrogens with one attached hydrogen (secondary N) is 1. The quantitative estimate of drug-likeness (QED) is 0.826. The fourth-order valence-corrected chi connectivity index (χ4v) is 2.20. The van der Waals surface area contributed by atoms with Gasteiger partial charge in [-0.2, -0.15) is 0 Å². The van der Waals surface area contributed by atoms with Crippen molar-refractivity contribution in [2.75, 3.05) is 18.4 Å². The average Bonchev–Trinajstić information content (AvgIpc) is 2.38. The number of amides is 2. The molecular weight excluding hydrogens is 320 g/mol. The average molecular weight is 341 g/mol. The van der Waals surface area contributed by atoms with E-state index in [2.05, 4.69) is 28.2 Å². The van der Waals surface area contributed by atoms with Crippen molar-refractivity contribution in [3.63, 3.8) is 0 Å². The molecule has 110 valence electrons. The molecule has 0 atom stereocenters. The molecule has 1 aromatic rings. The van der Waals surface area contributed by atoms with E-state index >= 15 is 0 Å². The van der Waals surface area contributed by atoms with Gasteiger partial charge in [-0.3, -0.25) is 9.59 Å². The van der Waals surface area contributed by atoms with Crippen LogP contribution in [0, 0.1) is 0 Å². The summed E-state index contributed by atoms with van der Waals surface area (Å²) >= 11 is 3.36. The minimum absolute atomic E-state index is 0.0219. The molecule has 0 aliphatic rings. The molecule has 2 amide bonds. The summed E-state index contributed by atoms with van der Waals surface area (Å²) in [5.41, 5.74) is 0.757. The van der Waals surface area contributed by atoms with Crippen molar-refractivity contribution in [2.24, 2.45) is 0 Å². The minimum Gasteiger partial charge on any atom is -0.342 e. The van der Waals surface area contributed by atoms with Gasteiger partial charge in [0, 0.05) is 36.6 Å². The first-order chi connectivity index (χ1) is 9.52. The molecule has 0 saturated carbocycles. The number of carbonyl (C=O) groups is 2. The molecule has 4 nitrogen and oxygen atoms in total. The van der Waals surface area contributed by atoms with Crippen molar-refractivity contribution in [1.29, 1.82) is 0 Å². The van der Waals surface area contributed by atoms with Crippen LogP contribution in [-0.2, 0) is 9.59 Å². The Bertz CT molecular complexity index is 463. The van der Waals surface area contributed by atoms with Gasteiger partial charge in [0.05, 0.1) is 0 Å². The van der Waals surface area contributed by atoms with Crippen LogP contribution in [0.1, 0.15) is 33.1 Å². The first kappa shape index (κ1) is 16.7. The van der Waals surface area contributed by atoms with Crippen molar-refractivity contribution in [3.8, 4) is 0 Å². The summed E-state index contributed by atoms with van der Waals surface area (Å²) in [6, 6.07) is 7.45. The third-order valence-corrected chi connectivity index (χ3v) is 3.44. The molecule has 0 radical (unpaired) electrons. The second-order valence-electron chi connectivity index (χ2n) is 4.67. The van der Waals surface area contributed by atoms with Crippen molar-refractivity contribution < 1.29 is 9.59 Å². The Kier molecular flexibility index (Phi) is 7.30. The predicted molar refractivity (Wildman–Crippen MR) is 84.6 cm³/mol. The zero-order valence-corrected chi connectivity index (χ0v) is 13.6. The monoisotopic (exact) mass is 340 g/mol. The van der Waals surface area contributed by atoms with E-state index in [1.54, 1.807) is 11.8 Å². The lowest BCUT2D eigenvalue weighted by atomic mass is 10.2. The van der Waals surface area contributed by atoms with Crippen LogP contribution < -0.4 is 5.32 Å². The Morgan fingerprint density at radius 3 is 2.65 bits per heavy atom. The van der Waals surface area contributed by atoms with E-state index in [-0.39, 0.29) is 11.8 Å². The van der Waals surface area contributed by atoms with Crippen LogP contribution in [-0.4, -0.2) is 29.8 Å². The van der Waals surface area contributed by atoms with E-state index in [1.165, 1.54) is 0 Å². The van der Waals surface area contributed by atoms with E-state index < -0.39 is 0 Å². The zero-order valence-electron chi connectivity index (χ0n) is 12.0. The number of halogens is 1. The van der Waals surface area contributed by atoms with Crippen LogP contribution in [0.5, 0.6) is 0 Å². The van der Waals surface area contributed by atoms with Gasteiger partial charge in [-0.1, -0.05) is 35.3 Å². The van der Waals surface area contributed by atoms with E-state index in [9.17, 15) is 9.59 Å². The molecule has 0 saturated heterocycles. The van der Waals surface area contributed by atoms with Crippen LogP contribution in [0.3, 0.4) is 0 Å². The highest BCUT2D eigenvalue weighted by Gasteiger charge is 2.10. The molecule has 0 spiro atoms. The Morgan fingerprint density at radius 2 is 2.05 bits per heavy atom. The third-order valence-electron chi connectivity index (χ3n) is 2.94. The number of rotatable bonds is 7. The molecule has 1 aromatic carbocycles. The van der Waals surface area contributed by atoms with Gasteiger partial charge in [-0.25, -0.2) is 0 Å². The van der Waals surface area contributed by atoms with Crippen LogP contribution in [0.25, 0.3) is 0 Å². The number of carbonyl (C=O) groups excluding carboxylic acids is 2. The molecule has 0 bridgehead atoms. The lowest BCUT2D eigenvalue weighted by molar-refractivity contribution is -0.129. The highest BCUT2D eigenvalue weighted by molar-refractivity contribution is 9.10. The SMILES string of the molecule is CCCCN(CCC(=O)Nc1cccc(Br)c1)C(C)=O. The van der Waals surface area contributed by atoms with Gasteiger partial charge in [0.25, 0.3) is 0 Å². The number of benzene rings is 1. The molecule has 0 aliphatic carbocycles. The standard InChI is InChI=1S/C15H21BrN2O2/c1-3-4-9-18(12(2)19)10-8-15(20)17-14-7-5-6-13(16)11-14/h5-7,11H,3-4,8-10H2,1-2H3,(H,17,20). The minimum atomic E-state index is -0.0779. The molecule has 5 heteroatoms. The van der Waals surface area contributed by atoms with Gasteiger partial charge < -0.3 is 10.2 Å². The van der Waals surface area contributed by atoms with Gasteiger partial charge in [0.2, 0.25) is 11.8 Å². The predicted octanol–water partition coefficient (Wildman–Crippen LogP) is 3.43. The van der Waals surface area contributed by atoms with E-state index in [0.29, 0.717) is 13.0 Å². The van der Waals surface area contributed by atoms with Gasteiger partial charge in [-0.15, -0.1) is 0 Å². The van der Waals surface area contributed by atoms with Crippen LogP contribution in [0.15, 0.2) is 28.7 Å². The third kappa shape index (κ3) is 6.19. The first-order valence-electron chi connectivity index (χ1n) is 6.84. The number of hydrogen-bond acceptors (Lipinski definition) is 2. The maximum Gasteiger partial charge on any atom is 0.226 e. The number of anilines is 1. The van der Waals surface area contributed by atoms with Gasteiger partial charge in [0.15, 0.2) is 0 Å². The normalized spacial score (nSPS) is 10.2. The molecular formula is C15H21BrN2O2. The van der Waals surface area contributed by atoms with E-state index in [1.807, 2.05) is 24.3 Å². The summed E-state index contributed by atoms with van der Waals surface area (Å²) in [7, 11) is 0. The van der Waals surface area contributed by atoms with E-state index in [0.717, 1.165) is 29.5 Å². The largest absolute Gasteiger partial charge is 0.342 e. The maximum absolute atomic E-state index is 11.9. The molecule has 0 fully saturated rings. The highest BCUT2D eigenvalue weighted by Crippen LogP contribution is 2.15. The summed E-state index contributed by atoms with van der Waals surface area (Å²) < 4.78 is 0.920. The summed E-state index contributed by atoms with van der Waals surface area (Å²) in [5, 5.41) is 2.83. The number of unbranched alkanes of at least 4 members (excludes halogenated alkanes) is 1. The van der Waals surface area contributed by atoms with Gasteiger partial charge >= 0.3 is 0 Å². The fourth-order valence-electron chi connectivity index (χ4n) is 1.80. The Labute approximate surface area is 128 Å². The number of nitrogens with zero attached hydrogens (tertiary/aromatic N) is 1. The molecule has 0 heterocycles. The topological polar surface area (TPSA) is 49.4 Å². The lowest BCUT2D eigenvalue weighted by Crippen LogP contribution is -2.32. The van der Waals surface area contributed by atoms with E-state index in [4.69, 9.17) is 0 Å². The summed E-state index contributed by atoms with van der Waals surface area (Å²) in [5.74, 6) is -0.0560. The smallest absolute Gasteiger partial charge is 0.226 e. The molecule has 1 rings (SSSR count). The molecule has 1 N–H and O–H groups in total. The maximum atomic E-state index is 11.9. The Morgan fingerprint density at radius 1 is 1.30 bits per heavy atom. The zero-order chi connectivity index (χ0) is 15.0. The Hall–Kier alpha value is -1.36. The Balaban J connectivity index is 2.43. The van der Waals surface area contributed by atoms with Gasteiger partial charge in [-0.05, 0) is 24.6 Å². The summed E-state index contributed by atoms with van der Waals surface area (Å²) in [6.07, 6.45) is 2.32. The highest BCUT2D eigenvalue weighted by atomic mass is 79.9. The van der Waals surface area contributed by atoms with Crippen molar-refractivity contribution in [2.45, 2.75) is 33.1 Å². The second kappa shape index (κ2) is 8.74. The fraction of sp³-hybridized carbons (Fsp3) is 0.467. The van der Waals surface area contributed by atoms with Gasteiger partial charge in [0.1, 0.15) is 0 Å². The summed E-state index contributed by atoms with van der Waals surface area (Å²) in [4.78, 5) is 25.0. The van der Waals surface area contributed by atoms with Crippen LogP contribution in [0.4, 0.5) is 5.69 Å². The second-order valence-corrected chi connectivity index (χ2v) is 5.58. The first-order valence-corrected chi connectivity index (χ1v) is 7.63. The lowest BCUT2D eigenvalue weighted by Gasteiger charge is -2.20. The van der Waals surface area contributed by atoms with Crippen molar-refractivity contribution in [1.82, 2.24) is 4.90 Å². The molecule has 20 heavy (non-hydrogen) atoms. The van der Waals surface area contributed by atoms with Crippen molar-refractivity contribution >= 4 is 33.4 Å². The molecule has 0 aromatic heterocycles. The van der Waals surface area contributed by atoms with Crippen LogP contribution in [0.2, 0.25) is 0 Å². The summed E-state index contributed by atoms with van der Waals surface area (Å²) in [6.45, 7) is 4.81. The molecule has 0 aliphatic heterocycles. The van der Waals surface area contributed by atoms with Crippen LogP contribution >= 0.6 is 15.9 Å². The number of hydrogen-bond donors (Lipinski definition) is 1. The molecule has 0 unspecified atom stereocenters.